The first-order chi connectivity index (χ1) is 71.1. The third-order valence-electron chi connectivity index (χ3n) is 27.3. The Morgan fingerprint density at radius 1 is 0.649 bits per heavy atom. The molecule has 2 unspecified atom stereocenters. The van der Waals surface area contributed by atoms with Crippen LogP contribution >= 0.6 is 0 Å². The van der Waals surface area contributed by atoms with E-state index in [-0.39, 0.29) is 226 Å². The van der Waals surface area contributed by atoms with Crippen molar-refractivity contribution in [2.75, 3.05) is 168 Å². The third kappa shape index (κ3) is 34.9. The topological polar surface area (TPSA) is 578 Å². The van der Waals surface area contributed by atoms with Crippen molar-refractivity contribution in [1.29, 1.82) is 0 Å². The number of ether oxygens (including phenoxy) is 12. The summed E-state index contributed by atoms with van der Waals surface area (Å²) >= 11 is 0. The minimum Gasteiger partial charge on any atom is -0.445 e. The second-order valence-corrected chi connectivity index (χ2v) is 39.6. The summed E-state index contributed by atoms with van der Waals surface area (Å²) in [4.78, 5) is 168. The first-order valence-electron chi connectivity index (χ1n) is 51.0. The van der Waals surface area contributed by atoms with E-state index < -0.39 is 170 Å². The molecule has 0 aromatic heterocycles. The van der Waals surface area contributed by atoms with Crippen molar-refractivity contribution in [2.45, 2.75) is 230 Å². The van der Waals surface area contributed by atoms with Gasteiger partial charge in [0.2, 0.25) is 47.3 Å². The van der Waals surface area contributed by atoms with Crippen molar-refractivity contribution in [1.82, 2.24) is 42.5 Å². The fourth-order valence-electron chi connectivity index (χ4n) is 19.7. The van der Waals surface area contributed by atoms with E-state index in [0.717, 1.165) is 42.0 Å². The first-order valence-corrected chi connectivity index (χ1v) is 52.6. The minimum atomic E-state index is -4.17. The Morgan fingerprint density at radius 2 is 1.26 bits per heavy atom. The molecule has 1 saturated heterocycles. The second kappa shape index (κ2) is 60.0. The van der Waals surface area contributed by atoms with Crippen LogP contribution in [0.2, 0.25) is 0 Å². The smallest absolute Gasteiger partial charge is 0.407 e. The molecular formula is C103H146F2N14O28S. The number of hydrogen-bond acceptors (Lipinski definition) is 30. The van der Waals surface area contributed by atoms with Crippen molar-refractivity contribution < 1.29 is 141 Å². The number of halogens is 2. The number of alkyl halides is 2. The Kier molecular flexibility index (Phi) is 48.1. The first kappa shape index (κ1) is 119. The van der Waals surface area contributed by atoms with E-state index in [1.165, 1.54) is 31.2 Å². The number of hydrazone groups is 1. The molecule has 45 heteroatoms. The monoisotopic (exact) mass is 2100 g/mol. The van der Waals surface area contributed by atoms with Crippen LogP contribution in [-0.2, 0) is 128 Å². The molecule has 11 amide bonds. The van der Waals surface area contributed by atoms with Gasteiger partial charge in [-0.2, -0.15) is 13.5 Å². The summed E-state index contributed by atoms with van der Waals surface area (Å²) in [7, 11) is -4.17. The maximum absolute atomic E-state index is 18.1. The highest BCUT2D eigenvalue weighted by Gasteiger charge is 2.80. The number of urea groups is 1. The number of nitrogens with zero attached hydrogens (tertiary/aromatic N) is 3. The van der Waals surface area contributed by atoms with Crippen LogP contribution in [0.3, 0.4) is 0 Å². The fraction of sp³-hybridized carbons (Fsp3) is 0.631. The summed E-state index contributed by atoms with van der Waals surface area (Å²) in [6.45, 7) is 11.3. The lowest BCUT2D eigenvalue weighted by Gasteiger charge is -2.63. The number of ketones is 2. The molecule has 4 saturated carbocycles. The predicted octanol–water partition coefficient (Wildman–Crippen LogP) is 5.34. The fourth-order valence-corrected chi connectivity index (χ4v) is 20.1. The molecule has 2 aliphatic heterocycles. The minimum absolute atomic E-state index is 0.00184. The number of carbonyl (C=O) groups excluding carboxylic acids is 12. The molecule has 816 valence electrons. The molecule has 42 nitrogen and oxygen atoms in total. The summed E-state index contributed by atoms with van der Waals surface area (Å²) in [6.07, 6.45) is 1.32. The van der Waals surface area contributed by atoms with E-state index in [9.17, 15) is 71.1 Å². The SMILES string of the molecule is CCCC1O[C@@H]2C[C@H]3[C@@H]4C[C@H](F)C5=CC(=O)C=C[C@]5(C)[C@@]4(F)[C@@H](O)C[C@]3(C)[C@]2(C(=O)CNC(=O)OCc2ccc(NC(=O)[C@H](CCCNC(N)=O)NC(=O)[C@@H](NC(=O)[C@@H](CCCCNC(=O)COC3CCCCCC(=NCCOCCOCCOCCOCCC(=O)NCCS(=O)(=O)O)C3=NN)NC(=O)CCOCCOCCOCCOCCNC(=O)CCC(=O)N3Cc4ccccc4C#Cc4ccccc43)C(C)C)cc2)O1. The number of rotatable bonds is 63. The van der Waals surface area contributed by atoms with Crippen molar-refractivity contribution in [2.24, 2.45) is 50.3 Å². The number of aliphatic hydroxyl groups excluding tert-OH is 1. The van der Waals surface area contributed by atoms with Crippen LogP contribution in [0, 0.1) is 40.4 Å². The third-order valence-corrected chi connectivity index (χ3v) is 28.1. The van der Waals surface area contributed by atoms with Crippen LogP contribution in [0.1, 0.15) is 179 Å². The molecule has 7 aliphatic rings. The number of primary amides is 1. The van der Waals surface area contributed by atoms with Crippen molar-refractivity contribution >= 4 is 104 Å². The quantitative estimate of drug-likeness (QED) is 0.0111. The summed E-state index contributed by atoms with van der Waals surface area (Å²) in [5, 5.41) is 40.3. The van der Waals surface area contributed by atoms with Gasteiger partial charge in [0.05, 0.1) is 155 Å². The number of nitrogens with two attached hydrogens (primary N) is 2. The number of unbranched alkanes of at least 4 members (excludes halogenated alkanes) is 1. The summed E-state index contributed by atoms with van der Waals surface area (Å²) in [5.74, 6) is 4.06. The van der Waals surface area contributed by atoms with Gasteiger partial charge in [0, 0.05) is 85.4 Å². The molecule has 2 heterocycles. The lowest BCUT2D eigenvalue weighted by Crippen LogP contribution is -2.71. The van der Waals surface area contributed by atoms with E-state index in [2.05, 4.69) is 64.8 Å². The number of benzene rings is 3. The Bertz CT molecular complexity index is 5260. The molecule has 3 aromatic rings. The van der Waals surface area contributed by atoms with E-state index in [4.69, 9.17) is 78.0 Å². The predicted molar refractivity (Wildman–Crippen MR) is 538 cm³/mol. The van der Waals surface area contributed by atoms with Gasteiger partial charge in [0.15, 0.2) is 29.1 Å². The van der Waals surface area contributed by atoms with Gasteiger partial charge in [-0.25, -0.2) is 18.4 Å². The number of Topliss-reactive ketones (excluding diaryl/α,β-unsaturated/α-hetero) is 1. The average molecular weight is 2100 g/mol. The van der Waals surface area contributed by atoms with Crippen LogP contribution in [-0.4, -0.2) is 318 Å². The Hall–Kier alpha value is -11.2. The summed E-state index contributed by atoms with van der Waals surface area (Å²) in [6, 6.07) is 16.6. The normalized spacial score (nSPS) is 23.3. The van der Waals surface area contributed by atoms with Gasteiger partial charge in [-0.05, 0) is 155 Å². The van der Waals surface area contributed by atoms with Crippen molar-refractivity contribution in [3.8, 4) is 11.8 Å². The van der Waals surface area contributed by atoms with Crippen LogP contribution in [0.15, 0.2) is 107 Å². The maximum atomic E-state index is 18.1. The number of alkyl carbamates (subject to hydrolysis) is 1. The summed E-state index contributed by atoms with van der Waals surface area (Å²) < 4.78 is 134. The lowest BCUT2D eigenvalue weighted by molar-refractivity contribution is -0.233. The Morgan fingerprint density at radius 3 is 1.93 bits per heavy atom. The maximum Gasteiger partial charge on any atom is 0.407 e. The van der Waals surface area contributed by atoms with Gasteiger partial charge in [-0.1, -0.05) is 107 Å². The standard InChI is InChI=1S/C103H146F2N14O28S/c1-6-17-92-146-86-62-75-76-61-78(104)77-60-74(120)34-37-100(77,4)102(76,105)84(121)63-101(75,5)103(86,147-92)85(122)64-113-99(132)145-66-69-26-30-73(31-27-69)114-95(128)81(23-16-39-112-98(106)131)116-97(130)93(68(2)3)117-96(129)80(115-89(125)36-44-137-48-52-141-56-58-143-54-50-139-46-41-110-87(123)32-33-91(127)119-65-72-20-11-10-18-70(72)28-29-71-19-12-13-24-82(71)119)22-14-15-38-109-90(126)67-144-83-25-9-7-8-21-79(94(83)118-107)108-40-45-138-49-53-142-57-55-140-51-47-136-43-35-88(124)111-42-59-148(133,134)135/h10-13,18-20,24,26-27,30-31,34,37,60,68,75-76,78,80-81,83-84,86,92-93,121H,6-9,14-17,21-23,25,32-33,35-36,38-59,61-67,107H2,1-5H3,(H,109,126)(H,110,123)(H,111,124)(H,113,132)(H,114,128)(H,115,125)(H,116,130)(H,117,129)(H3,106,112,131)(H,133,134,135)/t75-,76-,78-,80+,81-,83?,84-,86+,92?,93-,100-,101-,102-,103+/m0/s1. The number of anilines is 2. The number of para-hydroxylation sites is 1. The van der Waals surface area contributed by atoms with E-state index in [0.29, 0.717) is 81.1 Å². The molecule has 14 atom stereocenters. The van der Waals surface area contributed by atoms with E-state index >= 15 is 8.78 Å². The van der Waals surface area contributed by atoms with Gasteiger partial charge in [-0.15, -0.1) is 0 Å². The van der Waals surface area contributed by atoms with Crippen LogP contribution in [0.25, 0.3) is 0 Å². The number of aliphatic imine (C=N–C) groups is 1. The Balaban J connectivity index is 0.669. The molecule has 3 aromatic carbocycles. The molecule has 15 N–H and O–H groups in total. The highest BCUT2D eigenvalue weighted by molar-refractivity contribution is 7.85. The molecule has 5 fully saturated rings. The van der Waals surface area contributed by atoms with Crippen molar-refractivity contribution in [3.05, 3.63) is 119 Å². The zero-order valence-corrected chi connectivity index (χ0v) is 85.8. The molecule has 0 radical (unpaired) electrons. The average Bonchev–Trinajstić information content (AvgIpc) is 1.45. The zero-order valence-electron chi connectivity index (χ0n) is 85.0. The van der Waals surface area contributed by atoms with Gasteiger partial charge in [0.1, 0.15) is 49.3 Å². The van der Waals surface area contributed by atoms with Gasteiger partial charge >= 0.3 is 12.1 Å². The van der Waals surface area contributed by atoms with Crippen LogP contribution in [0.4, 0.5) is 29.7 Å². The number of hydrogen-bond donors (Lipinski definition) is 13. The van der Waals surface area contributed by atoms with Gasteiger partial charge in [0.25, 0.3) is 10.1 Å². The molecular weight excluding hydrogens is 1950 g/mol. The van der Waals surface area contributed by atoms with Crippen molar-refractivity contribution in [3.63, 3.8) is 0 Å². The van der Waals surface area contributed by atoms with Crippen LogP contribution < -0.4 is 64.3 Å². The molecule has 10 rings (SSSR count). The van der Waals surface area contributed by atoms with Crippen LogP contribution in [0.5, 0.6) is 0 Å². The van der Waals surface area contributed by atoms with E-state index in [1.807, 2.05) is 55.5 Å². The number of amides is 11. The Labute approximate surface area is 861 Å². The molecule has 0 spiro atoms. The molecule has 0 bridgehead atoms. The number of carbonyl (C=O) groups is 12. The second-order valence-electron chi connectivity index (χ2n) is 38.1. The number of aliphatic hydroxyl groups is 1. The van der Waals surface area contributed by atoms with E-state index in [1.54, 1.807) is 37.8 Å². The largest absolute Gasteiger partial charge is 0.445 e. The zero-order chi connectivity index (χ0) is 107. The van der Waals surface area contributed by atoms with Gasteiger partial charge < -0.3 is 126 Å². The highest BCUT2D eigenvalue weighted by Crippen LogP contribution is 2.72. The van der Waals surface area contributed by atoms with Gasteiger partial charge in [-0.3, -0.25) is 57.5 Å². The highest BCUT2D eigenvalue weighted by atomic mass is 32.2. The summed E-state index contributed by atoms with van der Waals surface area (Å²) in [5.41, 5.74) is 3.03. The number of fused-ring (bicyclic) bond motifs is 9. The number of nitrogens with one attached hydrogen (secondary N) is 9. The molecule has 5 aliphatic carbocycles. The lowest BCUT2D eigenvalue weighted by atomic mass is 9.44. The molecule has 148 heavy (non-hydrogen) atoms. The number of allylic oxidation sites excluding steroid dienone is 4.